The van der Waals surface area contributed by atoms with Gasteiger partial charge in [0.05, 0.1) is 25.9 Å². The van der Waals surface area contributed by atoms with Gasteiger partial charge in [-0.1, -0.05) is 0 Å². The second kappa shape index (κ2) is 5.65. The molecule has 102 valence electrons. The van der Waals surface area contributed by atoms with Crippen LogP contribution >= 0.6 is 0 Å². The molecule has 0 saturated carbocycles. The van der Waals surface area contributed by atoms with Gasteiger partial charge in [-0.15, -0.1) is 0 Å². The Balaban J connectivity index is 2.21. The highest BCUT2D eigenvalue weighted by Crippen LogP contribution is 2.31. The second-order valence-electron chi connectivity index (χ2n) is 4.33. The number of ether oxygens (including phenoxy) is 2. The van der Waals surface area contributed by atoms with Crippen LogP contribution in [0.2, 0.25) is 0 Å². The van der Waals surface area contributed by atoms with Crippen LogP contribution in [-0.4, -0.2) is 23.8 Å². The average molecular weight is 261 g/mol. The lowest BCUT2D eigenvalue weighted by molar-refractivity contribution is 0.395. The van der Waals surface area contributed by atoms with Gasteiger partial charge in [-0.3, -0.25) is 0 Å². The summed E-state index contributed by atoms with van der Waals surface area (Å²) in [5.41, 5.74) is 0.916. The number of imidazole rings is 1. The van der Waals surface area contributed by atoms with Crippen molar-refractivity contribution in [2.24, 2.45) is 7.05 Å². The molecule has 1 unspecified atom stereocenters. The van der Waals surface area contributed by atoms with Crippen molar-refractivity contribution in [1.29, 1.82) is 0 Å². The van der Waals surface area contributed by atoms with Crippen LogP contribution in [0.5, 0.6) is 11.5 Å². The minimum absolute atomic E-state index is 0.0855. The minimum Gasteiger partial charge on any atom is -0.497 e. The van der Waals surface area contributed by atoms with Crippen LogP contribution in [-0.2, 0) is 7.05 Å². The Bertz CT molecular complexity index is 551. The van der Waals surface area contributed by atoms with Crippen molar-refractivity contribution >= 4 is 5.69 Å². The zero-order chi connectivity index (χ0) is 13.8. The van der Waals surface area contributed by atoms with E-state index in [-0.39, 0.29) is 6.04 Å². The van der Waals surface area contributed by atoms with Crippen molar-refractivity contribution in [1.82, 2.24) is 9.55 Å². The standard InChI is InChI=1S/C14H19N3O2/c1-10(14-15-7-8-17(14)2)16-12-6-5-11(18-3)9-13(12)19-4/h5-10,16H,1-4H3. The van der Waals surface area contributed by atoms with Crippen molar-refractivity contribution < 1.29 is 9.47 Å². The molecule has 0 aliphatic carbocycles. The van der Waals surface area contributed by atoms with E-state index < -0.39 is 0 Å². The zero-order valence-electron chi connectivity index (χ0n) is 11.7. The van der Waals surface area contributed by atoms with E-state index in [1.807, 2.05) is 36.0 Å². The fourth-order valence-electron chi connectivity index (χ4n) is 2.01. The van der Waals surface area contributed by atoms with E-state index in [9.17, 15) is 0 Å². The summed E-state index contributed by atoms with van der Waals surface area (Å²) in [5, 5.41) is 3.39. The van der Waals surface area contributed by atoms with Gasteiger partial charge in [0.25, 0.3) is 0 Å². The van der Waals surface area contributed by atoms with Gasteiger partial charge in [0.15, 0.2) is 0 Å². The van der Waals surface area contributed by atoms with E-state index in [1.54, 1.807) is 20.4 Å². The monoisotopic (exact) mass is 261 g/mol. The van der Waals surface area contributed by atoms with Crippen LogP contribution < -0.4 is 14.8 Å². The predicted molar refractivity (Wildman–Crippen MR) is 74.8 cm³/mol. The molecular formula is C14H19N3O2. The molecule has 1 atom stereocenters. The first-order chi connectivity index (χ1) is 9.15. The lowest BCUT2D eigenvalue weighted by Crippen LogP contribution is -2.12. The third kappa shape index (κ3) is 2.81. The highest BCUT2D eigenvalue weighted by Gasteiger charge is 2.13. The average Bonchev–Trinajstić information content (AvgIpc) is 2.85. The molecule has 0 saturated heterocycles. The summed E-state index contributed by atoms with van der Waals surface area (Å²) >= 11 is 0. The van der Waals surface area contributed by atoms with Crippen molar-refractivity contribution in [3.8, 4) is 11.5 Å². The molecule has 2 rings (SSSR count). The molecule has 0 fully saturated rings. The number of methoxy groups -OCH3 is 2. The number of benzene rings is 1. The Hall–Kier alpha value is -2.17. The number of aryl methyl sites for hydroxylation is 1. The van der Waals surface area contributed by atoms with Crippen LogP contribution in [0.25, 0.3) is 0 Å². The fraction of sp³-hybridized carbons (Fsp3) is 0.357. The molecular weight excluding hydrogens is 242 g/mol. The molecule has 5 heteroatoms. The number of hydrogen-bond donors (Lipinski definition) is 1. The third-order valence-corrected chi connectivity index (χ3v) is 3.03. The number of anilines is 1. The van der Waals surface area contributed by atoms with Gasteiger partial charge in [-0.25, -0.2) is 4.98 Å². The number of aromatic nitrogens is 2. The largest absolute Gasteiger partial charge is 0.497 e. The molecule has 1 heterocycles. The smallest absolute Gasteiger partial charge is 0.145 e. The van der Waals surface area contributed by atoms with E-state index >= 15 is 0 Å². The molecule has 1 aromatic carbocycles. The van der Waals surface area contributed by atoms with Gasteiger partial charge < -0.3 is 19.4 Å². The van der Waals surface area contributed by atoms with Crippen LogP contribution in [0.4, 0.5) is 5.69 Å². The van der Waals surface area contributed by atoms with E-state index in [1.165, 1.54) is 0 Å². The van der Waals surface area contributed by atoms with Gasteiger partial charge >= 0.3 is 0 Å². The number of nitrogens with zero attached hydrogens (tertiary/aromatic N) is 2. The molecule has 1 aromatic heterocycles. The van der Waals surface area contributed by atoms with Crippen molar-refractivity contribution in [2.45, 2.75) is 13.0 Å². The molecule has 2 aromatic rings. The first-order valence-corrected chi connectivity index (χ1v) is 6.11. The highest BCUT2D eigenvalue weighted by atomic mass is 16.5. The van der Waals surface area contributed by atoms with Gasteiger partial charge in [-0.05, 0) is 19.1 Å². The van der Waals surface area contributed by atoms with Crippen molar-refractivity contribution in [3.05, 3.63) is 36.4 Å². The Morgan fingerprint density at radius 3 is 2.63 bits per heavy atom. The zero-order valence-corrected chi connectivity index (χ0v) is 11.7. The molecule has 0 spiro atoms. The van der Waals surface area contributed by atoms with Crippen molar-refractivity contribution in [2.75, 3.05) is 19.5 Å². The SMILES string of the molecule is COc1ccc(NC(C)c2nccn2C)c(OC)c1. The molecule has 19 heavy (non-hydrogen) atoms. The lowest BCUT2D eigenvalue weighted by Gasteiger charge is -2.18. The van der Waals surface area contributed by atoms with E-state index in [0.29, 0.717) is 0 Å². The molecule has 0 radical (unpaired) electrons. The first kappa shape index (κ1) is 13.3. The molecule has 0 amide bonds. The van der Waals surface area contributed by atoms with Crippen molar-refractivity contribution in [3.63, 3.8) is 0 Å². The second-order valence-corrected chi connectivity index (χ2v) is 4.33. The van der Waals surface area contributed by atoms with Crippen LogP contribution in [0.3, 0.4) is 0 Å². The molecule has 5 nitrogen and oxygen atoms in total. The normalized spacial score (nSPS) is 12.0. The summed E-state index contributed by atoms with van der Waals surface area (Å²) in [6, 6.07) is 5.78. The third-order valence-electron chi connectivity index (χ3n) is 3.03. The van der Waals surface area contributed by atoms with Crippen LogP contribution in [0, 0.1) is 0 Å². The van der Waals surface area contributed by atoms with Gasteiger partial charge in [0.1, 0.15) is 17.3 Å². The summed E-state index contributed by atoms with van der Waals surface area (Å²) in [6.07, 6.45) is 3.72. The number of rotatable bonds is 5. The van der Waals surface area contributed by atoms with Gasteiger partial charge in [-0.2, -0.15) is 0 Å². The summed E-state index contributed by atoms with van der Waals surface area (Å²) in [6.45, 7) is 2.06. The Kier molecular flexibility index (Phi) is 3.94. The topological polar surface area (TPSA) is 48.3 Å². The summed E-state index contributed by atoms with van der Waals surface area (Å²) in [5.74, 6) is 2.49. The highest BCUT2D eigenvalue weighted by molar-refractivity contribution is 5.59. The minimum atomic E-state index is 0.0855. The molecule has 1 N–H and O–H groups in total. The van der Waals surface area contributed by atoms with Gasteiger partial charge in [0.2, 0.25) is 0 Å². The molecule has 0 bridgehead atoms. The Labute approximate surface area is 113 Å². The van der Waals surface area contributed by atoms with E-state index in [2.05, 4.69) is 17.2 Å². The number of hydrogen-bond acceptors (Lipinski definition) is 4. The Morgan fingerprint density at radius 1 is 1.26 bits per heavy atom. The summed E-state index contributed by atoms with van der Waals surface area (Å²) in [7, 11) is 5.26. The fourth-order valence-corrected chi connectivity index (χ4v) is 2.01. The van der Waals surface area contributed by atoms with Crippen LogP contribution in [0.15, 0.2) is 30.6 Å². The maximum Gasteiger partial charge on any atom is 0.145 e. The summed E-state index contributed by atoms with van der Waals surface area (Å²) in [4.78, 5) is 4.34. The molecule has 0 aliphatic heterocycles. The van der Waals surface area contributed by atoms with Gasteiger partial charge in [0, 0.05) is 25.5 Å². The maximum absolute atomic E-state index is 5.37. The maximum atomic E-state index is 5.37. The quantitative estimate of drug-likeness (QED) is 0.898. The summed E-state index contributed by atoms with van der Waals surface area (Å²) < 4.78 is 12.5. The Morgan fingerprint density at radius 2 is 2.05 bits per heavy atom. The number of nitrogens with one attached hydrogen (secondary N) is 1. The first-order valence-electron chi connectivity index (χ1n) is 6.11. The predicted octanol–water partition coefficient (Wildman–Crippen LogP) is 2.61. The van der Waals surface area contributed by atoms with E-state index in [0.717, 1.165) is 23.0 Å². The lowest BCUT2D eigenvalue weighted by atomic mass is 10.2. The molecule has 0 aliphatic rings. The van der Waals surface area contributed by atoms with E-state index in [4.69, 9.17) is 9.47 Å². The van der Waals surface area contributed by atoms with Crippen LogP contribution in [0.1, 0.15) is 18.8 Å².